The fraction of sp³-hybridized carbons (Fsp3) is 0.273. The van der Waals surface area contributed by atoms with Crippen LogP contribution in [-0.4, -0.2) is 21.4 Å². The minimum absolute atomic E-state index is 0.195. The number of pyridine rings is 1. The van der Waals surface area contributed by atoms with Crippen molar-refractivity contribution in [2.24, 2.45) is 5.92 Å². The van der Waals surface area contributed by atoms with Crippen molar-refractivity contribution in [3.05, 3.63) is 82.1 Å². The lowest BCUT2D eigenvalue weighted by Crippen LogP contribution is -2.28. The number of fused-ring (bicyclic) bond motifs is 2. The molecule has 0 aromatic carbocycles. The van der Waals surface area contributed by atoms with E-state index in [1.54, 1.807) is 23.6 Å². The van der Waals surface area contributed by atoms with E-state index >= 15 is 0 Å². The van der Waals surface area contributed by atoms with E-state index in [-0.39, 0.29) is 11.6 Å². The largest absolute Gasteiger partial charge is 0.344 e. The van der Waals surface area contributed by atoms with Crippen LogP contribution in [0.1, 0.15) is 30.2 Å². The normalized spacial score (nSPS) is 23.9. The summed E-state index contributed by atoms with van der Waals surface area (Å²) >= 11 is 1.65. The lowest BCUT2D eigenvalue weighted by atomic mass is 9.78. The summed E-state index contributed by atoms with van der Waals surface area (Å²) in [5, 5.41) is 3.12. The van der Waals surface area contributed by atoms with Crippen LogP contribution in [-0.2, 0) is 0 Å². The van der Waals surface area contributed by atoms with E-state index in [1.165, 1.54) is 23.9 Å². The molecule has 0 spiro atoms. The molecule has 2 atom stereocenters. The Balaban J connectivity index is 1.35. The van der Waals surface area contributed by atoms with E-state index in [9.17, 15) is 8.78 Å². The minimum atomic E-state index is -0.340. The Morgan fingerprint density at radius 1 is 1.04 bits per heavy atom. The van der Waals surface area contributed by atoms with Crippen molar-refractivity contribution >= 4 is 11.3 Å². The summed E-state index contributed by atoms with van der Waals surface area (Å²) in [5.74, 6) is 0.295. The zero-order valence-electron chi connectivity index (χ0n) is 15.2. The molecule has 1 aliphatic carbocycles. The monoisotopic (exact) mass is 395 g/mol. The summed E-state index contributed by atoms with van der Waals surface area (Å²) in [7, 11) is 0. The Hall–Kier alpha value is -2.60. The number of thiazole rings is 1. The fourth-order valence-electron chi connectivity index (χ4n) is 4.15. The highest BCUT2D eigenvalue weighted by Crippen LogP contribution is 2.42. The molecule has 5 rings (SSSR count). The third kappa shape index (κ3) is 3.33. The van der Waals surface area contributed by atoms with Gasteiger partial charge in [-0.25, -0.2) is 13.8 Å². The third-order valence-corrected chi connectivity index (χ3v) is 6.65. The number of nitrogens with zero attached hydrogens (tertiary/aromatic N) is 3. The maximum absolute atomic E-state index is 13.6. The molecule has 0 N–H and O–H groups in total. The van der Waals surface area contributed by atoms with Gasteiger partial charge in [-0.3, -0.25) is 4.98 Å². The molecule has 3 nitrogen and oxygen atoms in total. The van der Waals surface area contributed by atoms with Gasteiger partial charge in [-0.05, 0) is 55.5 Å². The molecule has 1 fully saturated rings. The van der Waals surface area contributed by atoms with E-state index in [0.29, 0.717) is 17.5 Å². The molecule has 3 aliphatic rings. The van der Waals surface area contributed by atoms with Crippen LogP contribution < -0.4 is 0 Å². The highest BCUT2D eigenvalue weighted by molar-refractivity contribution is 7.10. The number of aromatic nitrogens is 2. The Labute approximate surface area is 166 Å². The summed E-state index contributed by atoms with van der Waals surface area (Å²) in [6.45, 7) is 0.824. The van der Waals surface area contributed by atoms with Gasteiger partial charge in [0.25, 0.3) is 0 Å². The second-order valence-electron chi connectivity index (χ2n) is 7.44. The van der Waals surface area contributed by atoms with Gasteiger partial charge >= 0.3 is 0 Å². The maximum Gasteiger partial charge on any atom is 0.141 e. The highest BCUT2D eigenvalue weighted by Gasteiger charge is 2.31. The minimum Gasteiger partial charge on any atom is -0.344 e. The van der Waals surface area contributed by atoms with E-state index in [4.69, 9.17) is 4.98 Å². The topological polar surface area (TPSA) is 29.0 Å². The number of rotatable bonds is 2. The van der Waals surface area contributed by atoms with Crippen LogP contribution in [0.4, 0.5) is 8.78 Å². The Bertz CT molecular complexity index is 1020. The van der Waals surface area contributed by atoms with E-state index in [1.807, 2.05) is 16.4 Å². The molecule has 2 aromatic rings. The van der Waals surface area contributed by atoms with Gasteiger partial charge in [-0.15, -0.1) is 11.3 Å². The summed E-state index contributed by atoms with van der Waals surface area (Å²) in [5.41, 5.74) is 3.96. The van der Waals surface area contributed by atoms with Crippen molar-refractivity contribution in [1.82, 2.24) is 14.9 Å². The molecule has 2 aliphatic heterocycles. The zero-order valence-corrected chi connectivity index (χ0v) is 16.0. The van der Waals surface area contributed by atoms with Crippen molar-refractivity contribution in [2.45, 2.75) is 25.2 Å². The standard InChI is InChI=1S/C22H19F2N3S/c23-17-5-8-20(25-10-17)21-13-28-22(26-21)15-1-2-16-11-27-12-18(24)4-7-19(27)6-3-14(16)9-15/h3-8,10,12-13,15-16H,1-2,9,11H2/t15-,16+/m0/s1. The highest BCUT2D eigenvalue weighted by atomic mass is 32.1. The molecule has 0 unspecified atom stereocenters. The Morgan fingerprint density at radius 3 is 2.79 bits per heavy atom. The first-order valence-corrected chi connectivity index (χ1v) is 10.3. The van der Waals surface area contributed by atoms with Crippen molar-refractivity contribution in [3.63, 3.8) is 0 Å². The second kappa shape index (κ2) is 7.09. The lowest BCUT2D eigenvalue weighted by Gasteiger charge is -2.33. The summed E-state index contributed by atoms with van der Waals surface area (Å²) in [4.78, 5) is 10.9. The first-order valence-electron chi connectivity index (χ1n) is 9.46. The average Bonchev–Trinajstić information content (AvgIpc) is 3.12. The molecule has 0 bridgehead atoms. The van der Waals surface area contributed by atoms with Gasteiger partial charge in [0.1, 0.15) is 11.6 Å². The third-order valence-electron chi connectivity index (χ3n) is 5.64. The first-order chi connectivity index (χ1) is 13.7. The molecule has 4 heterocycles. The summed E-state index contributed by atoms with van der Waals surface area (Å²) in [6.07, 6.45) is 13.6. The molecule has 1 saturated carbocycles. The SMILES string of the molecule is FC1=CN2C[C@H]3CC[C@H](c4nc(-c5ccc(F)cn5)cs4)CC3=CC=C2C=C1. The quantitative estimate of drug-likeness (QED) is 0.650. The van der Waals surface area contributed by atoms with Crippen molar-refractivity contribution in [2.75, 3.05) is 6.54 Å². The number of allylic oxidation sites excluding steroid dienone is 5. The van der Waals surface area contributed by atoms with Crippen LogP contribution in [0, 0.1) is 11.7 Å². The Morgan fingerprint density at radius 2 is 1.93 bits per heavy atom. The van der Waals surface area contributed by atoms with Crippen LogP contribution in [0.15, 0.2) is 71.3 Å². The Kier molecular flexibility index (Phi) is 4.43. The molecule has 0 radical (unpaired) electrons. The van der Waals surface area contributed by atoms with Gasteiger partial charge in [0.05, 0.1) is 22.6 Å². The molecule has 28 heavy (non-hydrogen) atoms. The van der Waals surface area contributed by atoms with Crippen LogP contribution in [0.3, 0.4) is 0 Å². The van der Waals surface area contributed by atoms with Crippen LogP contribution in [0.25, 0.3) is 11.4 Å². The van der Waals surface area contributed by atoms with E-state index < -0.39 is 0 Å². The van der Waals surface area contributed by atoms with Gasteiger partial charge in [-0.2, -0.15) is 0 Å². The summed E-state index contributed by atoms with van der Waals surface area (Å²) in [6, 6.07) is 3.08. The van der Waals surface area contributed by atoms with Crippen LogP contribution in [0.5, 0.6) is 0 Å². The van der Waals surface area contributed by atoms with Crippen LogP contribution >= 0.6 is 11.3 Å². The molecular weight excluding hydrogens is 376 g/mol. The molecule has 142 valence electrons. The first kappa shape index (κ1) is 17.5. The zero-order chi connectivity index (χ0) is 19.1. The molecular formula is C22H19F2N3S. The molecule has 0 amide bonds. The van der Waals surface area contributed by atoms with Gasteiger partial charge in [-0.1, -0.05) is 11.6 Å². The maximum atomic E-state index is 13.6. The van der Waals surface area contributed by atoms with Gasteiger partial charge < -0.3 is 4.90 Å². The van der Waals surface area contributed by atoms with Gasteiger partial charge in [0.15, 0.2) is 0 Å². The summed E-state index contributed by atoms with van der Waals surface area (Å²) < 4.78 is 26.7. The van der Waals surface area contributed by atoms with E-state index in [0.717, 1.165) is 42.2 Å². The molecule has 6 heteroatoms. The fourth-order valence-corrected chi connectivity index (χ4v) is 5.10. The second-order valence-corrected chi connectivity index (χ2v) is 8.33. The molecule has 2 aromatic heterocycles. The molecule has 0 saturated heterocycles. The lowest BCUT2D eigenvalue weighted by molar-refractivity contribution is 0.331. The average molecular weight is 395 g/mol. The predicted octanol–water partition coefficient (Wildman–Crippen LogP) is 5.73. The van der Waals surface area contributed by atoms with Crippen LogP contribution in [0.2, 0.25) is 0 Å². The van der Waals surface area contributed by atoms with E-state index in [2.05, 4.69) is 17.1 Å². The number of hydrogen-bond acceptors (Lipinski definition) is 4. The van der Waals surface area contributed by atoms with Crippen molar-refractivity contribution in [3.8, 4) is 11.4 Å². The smallest absolute Gasteiger partial charge is 0.141 e. The number of hydrogen-bond donors (Lipinski definition) is 0. The van der Waals surface area contributed by atoms with Gasteiger partial charge in [0.2, 0.25) is 0 Å². The van der Waals surface area contributed by atoms with Crippen molar-refractivity contribution in [1.29, 1.82) is 0 Å². The van der Waals surface area contributed by atoms with Gasteiger partial charge in [0, 0.05) is 29.7 Å². The van der Waals surface area contributed by atoms with Crippen molar-refractivity contribution < 1.29 is 8.78 Å². The number of halogens is 2. The predicted molar refractivity (Wildman–Crippen MR) is 107 cm³/mol.